The highest BCUT2D eigenvalue weighted by Crippen LogP contribution is 2.11. The number of carbonyl (C=O) groups is 1. The van der Waals surface area contributed by atoms with Crippen LogP contribution in [-0.4, -0.2) is 6.29 Å². The van der Waals surface area contributed by atoms with E-state index in [2.05, 4.69) is 0 Å². The molecule has 0 aliphatic carbocycles. The maximum absolute atomic E-state index is 10.3. The van der Waals surface area contributed by atoms with Crippen molar-refractivity contribution in [3.05, 3.63) is 42.2 Å². The fourth-order valence-electron chi connectivity index (χ4n) is 0.904. The van der Waals surface area contributed by atoms with Crippen molar-refractivity contribution in [2.75, 3.05) is 5.01 Å². The van der Waals surface area contributed by atoms with Crippen LogP contribution in [0.5, 0.6) is 0 Å². The minimum absolute atomic E-state index is 0.619. The first kappa shape index (κ1) is 9.28. The van der Waals surface area contributed by atoms with E-state index in [0.717, 1.165) is 12.0 Å². The number of nitrogens with two attached hydrogens (primary N) is 2. The van der Waals surface area contributed by atoms with Gasteiger partial charge in [0.25, 0.3) is 0 Å². The average molecular weight is 177 g/mol. The molecule has 0 heterocycles. The van der Waals surface area contributed by atoms with Crippen molar-refractivity contribution < 1.29 is 4.79 Å². The van der Waals surface area contributed by atoms with Crippen molar-refractivity contribution in [3.63, 3.8) is 0 Å². The van der Waals surface area contributed by atoms with Crippen molar-refractivity contribution in [2.45, 2.75) is 0 Å². The van der Waals surface area contributed by atoms with Crippen molar-refractivity contribution in [1.29, 1.82) is 0 Å². The number of aldehydes is 1. The van der Waals surface area contributed by atoms with Crippen LogP contribution in [0.4, 0.5) is 5.69 Å². The molecule has 0 amide bonds. The van der Waals surface area contributed by atoms with E-state index >= 15 is 0 Å². The predicted octanol–water partition coefficient (Wildman–Crippen LogP) is 0.609. The van der Waals surface area contributed by atoms with Crippen LogP contribution < -0.4 is 16.6 Å². The summed E-state index contributed by atoms with van der Waals surface area (Å²) in [6.07, 6.45) is 3.65. The molecule has 13 heavy (non-hydrogen) atoms. The van der Waals surface area contributed by atoms with Crippen molar-refractivity contribution in [2.24, 2.45) is 11.6 Å². The molecule has 0 saturated carbocycles. The maximum Gasteiger partial charge on any atom is 0.150 e. The number of hydrogen-bond acceptors (Lipinski definition) is 4. The molecule has 0 bridgehead atoms. The first-order valence-electron chi connectivity index (χ1n) is 3.75. The summed E-state index contributed by atoms with van der Waals surface area (Å²) < 4.78 is 0. The summed E-state index contributed by atoms with van der Waals surface area (Å²) in [5.41, 5.74) is 6.55. The molecular weight excluding hydrogens is 166 g/mol. The Hall–Kier alpha value is -1.81. The SMILES string of the molecule is N/C=C\N(N)c1ccc(C=O)cc1. The molecular formula is C9H11N3O. The van der Waals surface area contributed by atoms with Gasteiger partial charge >= 0.3 is 0 Å². The summed E-state index contributed by atoms with van der Waals surface area (Å²) in [6, 6.07) is 6.85. The van der Waals surface area contributed by atoms with E-state index in [1.807, 2.05) is 0 Å². The molecule has 0 atom stereocenters. The first-order chi connectivity index (χ1) is 6.27. The van der Waals surface area contributed by atoms with Crippen LogP contribution in [0.25, 0.3) is 0 Å². The number of hydrogen-bond donors (Lipinski definition) is 2. The fourth-order valence-corrected chi connectivity index (χ4v) is 0.904. The summed E-state index contributed by atoms with van der Waals surface area (Å²) >= 11 is 0. The first-order valence-corrected chi connectivity index (χ1v) is 3.75. The molecule has 0 spiro atoms. The zero-order valence-electron chi connectivity index (χ0n) is 7.05. The van der Waals surface area contributed by atoms with E-state index in [4.69, 9.17) is 11.6 Å². The highest BCUT2D eigenvalue weighted by molar-refractivity contribution is 5.75. The lowest BCUT2D eigenvalue weighted by Gasteiger charge is -2.12. The van der Waals surface area contributed by atoms with Gasteiger partial charge in [-0.25, -0.2) is 5.84 Å². The van der Waals surface area contributed by atoms with Crippen LogP contribution in [0, 0.1) is 0 Å². The highest BCUT2D eigenvalue weighted by Gasteiger charge is 1.96. The smallest absolute Gasteiger partial charge is 0.150 e. The van der Waals surface area contributed by atoms with Gasteiger partial charge < -0.3 is 5.73 Å². The van der Waals surface area contributed by atoms with Crippen molar-refractivity contribution in [3.8, 4) is 0 Å². The second kappa shape index (κ2) is 4.27. The van der Waals surface area contributed by atoms with E-state index < -0.39 is 0 Å². The summed E-state index contributed by atoms with van der Waals surface area (Å²) in [5.74, 6) is 5.58. The number of hydrazine groups is 1. The number of anilines is 1. The summed E-state index contributed by atoms with van der Waals surface area (Å²) in [4.78, 5) is 10.3. The van der Waals surface area contributed by atoms with E-state index in [9.17, 15) is 4.79 Å². The van der Waals surface area contributed by atoms with Crippen LogP contribution in [-0.2, 0) is 0 Å². The molecule has 68 valence electrons. The lowest BCUT2D eigenvalue weighted by atomic mass is 10.2. The topological polar surface area (TPSA) is 72.3 Å². The van der Waals surface area contributed by atoms with Gasteiger partial charge in [0, 0.05) is 18.0 Å². The Labute approximate surface area is 76.4 Å². The second-order valence-corrected chi connectivity index (χ2v) is 2.46. The summed E-state index contributed by atoms with van der Waals surface area (Å²) in [5, 5.41) is 1.37. The maximum atomic E-state index is 10.3. The summed E-state index contributed by atoms with van der Waals surface area (Å²) in [6.45, 7) is 0. The highest BCUT2D eigenvalue weighted by atomic mass is 16.1. The zero-order valence-corrected chi connectivity index (χ0v) is 7.05. The van der Waals surface area contributed by atoms with Crippen molar-refractivity contribution >= 4 is 12.0 Å². The Morgan fingerprint density at radius 1 is 1.23 bits per heavy atom. The Morgan fingerprint density at radius 2 is 1.85 bits per heavy atom. The number of benzene rings is 1. The quantitative estimate of drug-likeness (QED) is 0.403. The van der Waals surface area contributed by atoms with Crippen LogP contribution in [0.3, 0.4) is 0 Å². The zero-order chi connectivity index (χ0) is 9.68. The molecule has 4 N–H and O–H groups in total. The molecule has 0 aromatic heterocycles. The molecule has 0 saturated heterocycles. The fraction of sp³-hybridized carbons (Fsp3) is 0. The number of nitrogens with zero attached hydrogens (tertiary/aromatic N) is 1. The Morgan fingerprint density at radius 3 is 2.31 bits per heavy atom. The van der Waals surface area contributed by atoms with Crippen molar-refractivity contribution in [1.82, 2.24) is 0 Å². The number of carbonyl (C=O) groups excluding carboxylic acids is 1. The third-order valence-corrected chi connectivity index (χ3v) is 1.57. The number of rotatable bonds is 3. The lowest BCUT2D eigenvalue weighted by molar-refractivity contribution is 0.112. The van der Waals surface area contributed by atoms with Gasteiger partial charge in [-0.2, -0.15) is 0 Å². The largest absolute Gasteiger partial charge is 0.403 e. The van der Waals surface area contributed by atoms with Gasteiger partial charge in [-0.1, -0.05) is 0 Å². The molecule has 0 aliphatic rings. The van der Waals surface area contributed by atoms with Crippen LogP contribution in [0.1, 0.15) is 10.4 Å². The third-order valence-electron chi connectivity index (χ3n) is 1.57. The van der Waals surface area contributed by atoms with Crippen LogP contribution in [0.2, 0.25) is 0 Å². The summed E-state index contributed by atoms with van der Waals surface area (Å²) in [7, 11) is 0. The standard InChI is InChI=1S/C9H11N3O/c10-5-6-12(11)9-3-1-8(7-13)2-4-9/h1-7H,10-11H2/b6-5-. The Balaban J connectivity index is 2.85. The molecule has 0 radical (unpaired) electrons. The molecule has 1 aromatic carbocycles. The van der Waals surface area contributed by atoms with Gasteiger partial charge in [-0.05, 0) is 24.3 Å². The van der Waals surface area contributed by atoms with E-state index in [1.165, 1.54) is 17.4 Å². The lowest BCUT2D eigenvalue weighted by Crippen LogP contribution is -2.24. The van der Waals surface area contributed by atoms with Gasteiger partial charge in [0.1, 0.15) is 6.29 Å². The molecule has 0 aliphatic heterocycles. The van der Waals surface area contributed by atoms with Gasteiger partial charge in [0.15, 0.2) is 0 Å². The van der Waals surface area contributed by atoms with Gasteiger partial charge in [-0.15, -0.1) is 0 Å². The van der Waals surface area contributed by atoms with Gasteiger partial charge in [0.2, 0.25) is 0 Å². The second-order valence-electron chi connectivity index (χ2n) is 2.46. The van der Waals surface area contributed by atoms with E-state index in [0.29, 0.717) is 5.56 Å². The monoisotopic (exact) mass is 177 g/mol. The average Bonchev–Trinajstić information content (AvgIpc) is 2.18. The third kappa shape index (κ3) is 2.31. The van der Waals surface area contributed by atoms with Crippen LogP contribution >= 0.6 is 0 Å². The Bertz CT molecular complexity index is 305. The van der Waals surface area contributed by atoms with E-state index in [-0.39, 0.29) is 0 Å². The van der Waals surface area contributed by atoms with Gasteiger partial charge in [-0.3, -0.25) is 9.80 Å². The minimum atomic E-state index is 0.619. The molecule has 0 unspecified atom stereocenters. The molecule has 0 fully saturated rings. The minimum Gasteiger partial charge on any atom is -0.403 e. The molecule has 1 aromatic rings. The molecule has 4 heteroatoms. The van der Waals surface area contributed by atoms with Crippen LogP contribution in [0.15, 0.2) is 36.7 Å². The van der Waals surface area contributed by atoms with E-state index in [1.54, 1.807) is 24.3 Å². The predicted molar refractivity (Wildman–Crippen MR) is 51.8 cm³/mol. The van der Waals surface area contributed by atoms with Gasteiger partial charge in [0.05, 0.1) is 5.69 Å². The normalized spacial score (nSPS) is 10.2. The molecule has 4 nitrogen and oxygen atoms in total. The molecule has 1 rings (SSSR count). The Kier molecular flexibility index (Phi) is 3.05.